The van der Waals surface area contributed by atoms with Gasteiger partial charge in [0.25, 0.3) is 0 Å². The maximum Gasteiger partial charge on any atom is 0.229 e. The summed E-state index contributed by atoms with van der Waals surface area (Å²) in [6.45, 7) is 3.12. The molecule has 0 atom stereocenters. The number of aromatic nitrogens is 2. The minimum Gasteiger partial charge on any atom is -0.339 e. The molecule has 1 amide bonds. The number of hydrogen-bond acceptors (Lipinski definition) is 5. The van der Waals surface area contributed by atoms with E-state index < -0.39 is 0 Å². The molecule has 2 rings (SSSR count). The predicted molar refractivity (Wildman–Crippen MR) is 75.0 cm³/mol. The second-order valence-corrected chi connectivity index (χ2v) is 5.81. The molecule has 1 aliphatic rings. The summed E-state index contributed by atoms with van der Waals surface area (Å²) < 4.78 is 5.27. The number of carbonyl (C=O) groups is 1. The van der Waals surface area contributed by atoms with Crippen LogP contribution < -0.4 is 0 Å². The van der Waals surface area contributed by atoms with Crippen molar-refractivity contribution < 1.29 is 9.32 Å². The largest absolute Gasteiger partial charge is 0.339 e. The van der Waals surface area contributed by atoms with Gasteiger partial charge in [-0.15, -0.1) is 0 Å². The van der Waals surface area contributed by atoms with E-state index in [1.54, 1.807) is 16.7 Å². The highest BCUT2D eigenvalue weighted by atomic mass is 32.2. The Balaban J connectivity index is 1.89. The van der Waals surface area contributed by atoms with Gasteiger partial charge in [-0.25, -0.2) is 0 Å². The van der Waals surface area contributed by atoms with E-state index in [-0.39, 0.29) is 5.91 Å². The van der Waals surface area contributed by atoms with Crippen molar-refractivity contribution in [1.29, 1.82) is 0 Å². The third-order valence-electron chi connectivity index (χ3n) is 3.52. The summed E-state index contributed by atoms with van der Waals surface area (Å²) in [5.74, 6) is 2.83. The Hall–Kier alpha value is -1.04. The monoisotopic (exact) mass is 283 g/mol. The topological polar surface area (TPSA) is 59.2 Å². The molecule has 0 unspecified atom stereocenters. The first kappa shape index (κ1) is 14.4. The van der Waals surface area contributed by atoms with Crippen LogP contribution in [0.2, 0.25) is 0 Å². The zero-order chi connectivity index (χ0) is 13.7. The van der Waals surface area contributed by atoms with Crippen molar-refractivity contribution in [3.8, 4) is 0 Å². The first-order chi connectivity index (χ1) is 9.24. The van der Waals surface area contributed by atoms with Gasteiger partial charge in [0.1, 0.15) is 0 Å². The van der Waals surface area contributed by atoms with Gasteiger partial charge >= 0.3 is 0 Å². The Labute approximate surface area is 118 Å². The number of nitrogens with zero attached hydrogens (tertiary/aromatic N) is 3. The van der Waals surface area contributed by atoms with Crippen LogP contribution in [0.4, 0.5) is 0 Å². The Morgan fingerprint density at radius 2 is 2.32 bits per heavy atom. The average molecular weight is 283 g/mol. The summed E-state index contributed by atoms with van der Waals surface area (Å²) >= 11 is 1.69. The molecule has 1 aromatic heterocycles. The molecule has 1 saturated carbocycles. The van der Waals surface area contributed by atoms with Crippen LogP contribution in [-0.2, 0) is 11.3 Å². The summed E-state index contributed by atoms with van der Waals surface area (Å²) in [7, 11) is 0. The van der Waals surface area contributed by atoms with Gasteiger partial charge in [-0.2, -0.15) is 16.7 Å². The van der Waals surface area contributed by atoms with Gasteiger partial charge in [-0.05, 0) is 26.0 Å². The van der Waals surface area contributed by atoms with Gasteiger partial charge in [-0.3, -0.25) is 4.79 Å². The van der Waals surface area contributed by atoms with Crippen molar-refractivity contribution in [2.24, 2.45) is 0 Å². The third kappa shape index (κ3) is 3.72. The van der Waals surface area contributed by atoms with E-state index in [1.165, 1.54) is 6.42 Å². The Kier molecular flexibility index (Phi) is 5.24. The highest BCUT2D eigenvalue weighted by molar-refractivity contribution is 7.98. The summed E-state index contributed by atoms with van der Waals surface area (Å²) in [4.78, 5) is 18.2. The van der Waals surface area contributed by atoms with Crippen LogP contribution in [-0.4, -0.2) is 39.5 Å². The molecule has 0 bridgehead atoms. The van der Waals surface area contributed by atoms with Crippen LogP contribution in [0.25, 0.3) is 0 Å². The van der Waals surface area contributed by atoms with E-state index in [4.69, 9.17) is 4.52 Å². The van der Waals surface area contributed by atoms with Crippen LogP contribution in [0.3, 0.4) is 0 Å². The molecule has 1 fully saturated rings. The minimum absolute atomic E-state index is 0.159. The van der Waals surface area contributed by atoms with E-state index >= 15 is 0 Å². The number of carbonyl (C=O) groups excluding carboxylic acids is 1. The maximum atomic E-state index is 12.0. The van der Waals surface area contributed by atoms with Crippen molar-refractivity contribution in [1.82, 2.24) is 15.0 Å². The number of hydrogen-bond donors (Lipinski definition) is 0. The molecular formula is C13H21N3O2S. The molecule has 0 N–H and O–H groups in total. The van der Waals surface area contributed by atoms with Crippen LogP contribution in [0.15, 0.2) is 4.52 Å². The van der Waals surface area contributed by atoms with Crippen molar-refractivity contribution >= 4 is 17.7 Å². The number of amides is 1. The van der Waals surface area contributed by atoms with Crippen molar-refractivity contribution in [2.75, 3.05) is 18.6 Å². The molecule has 0 spiro atoms. The third-order valence-corrected chi connectivity index (χ3v) is 4.14. The zero-order valence-corrected chi connectivity index (χ0v) is 12.4. The lowest BCUT2D eigenvalue weighted by atomic mass is 9.85. The molecule has 1 heterocycles. The van der Waals surface area contributed by atoms with Crippen LogP contribution in [0, 0.1) is 0 Å². The van der Waals surface area contributed by atoms with Crippen LogP contribution in [0.1, 0.15) is 50.2 Å². The SMILES string of the molecule is CCN(Cc1noc(C2CCC2)n1)C(=O)CCSC. The molecule has 1 aromatic rings. The molecule has 5 nitrogen and oxygen atoms in total. The first-order valence-corrected chi connectivity index (χ1v) is 8.23. The van der Waals surface area contributed by atoms with E-state index in [0.717, 1.165) is 24.5 Å². The Morgan fingerprint density at radius 1 is 1.53 bits per heavy atom. The van der Waals surface area contributed by atoms with Gasteiger partial charge in [0, 0.05) is 24.6 Å². The zero-order valence-electron chi connectivity index (χ0n) is 11.6. The van der Waals surface area contributed by atoms with Crippen LogP contribution in [0.5, 0.6) is 0 Å². The smallest absolute Gasteiger partial charge is 0.229 e. The van der Waals surface area contributed by atoms with Crippen molar-refractivity contribution in [2.45, 2.75) is 45.1 Å². The molecule has 0 aliphatic heterocycles. The molecule has 1 aliphatic carbocycles. The van der Waals surface area contributed by atoms with E-state index in [0.29, 0.717) is 31.3 Å². The van der Waals surface area contributed by atoms with Crippen molar-refractivity contribution in [3.63, 3.8) is 0 Å². The standard InChI is InChI=1S/C13H21N3O2S/c1-3-16(12(17)7-8-19-2)9-11-14-13(18-15-11)10-5-4-6-10/h10H,3-9H2,1-2H3. The molecule has 0 radical (unpaired) electrons. The highest BCUT2D eigenvalue weighted by Gasteiger charge is 2.26. The first-order valence-electron chi connectivity index (χ1n) is 6.83. The van der Waals surface area contributed by atoms with Gasteiger partial charge in [-0.1, -0.05) is 11.6 Å². The van der Waals surface area contributed by atoms with Gasteiger partial charge < -0.3 is 9.42 Å². The van der Waals surface area contributed by atoms with Gasteiger partial charge in [0.05, 0.1) is 6.54 Å². The summed E-state index contributed by atoms with van der Waals surface area (Å²) in [6.07, 6.45) is 6.12. The van der Waals surface area contributed by atoms with E-state index in [9.17, 15) is 4.79 Å². The maximum absolute atomic E-state index is 12.0. The molecule has 106 valence electrons. The quantitative estimate of drug-likeness (QED) is 0.769. The lowest BCUT2D eigenvalue weighted by Gasteiger charge is -2.20. The lowest BCUT2D eigenvalue weighted by Crippen LogP contribution is -2.31. The predicted octanol–water partition coefficient (Wildman–Crippen LogP) is 2.44. The molecular weight excluding hydrogens is 262 g/mol. The second-order valence-electron chi connectivity index (χ2n) is 4.83. The molecule has 0 aromatic carbocycles. The average Bonchev–Trinajstić information content (AvgIpc) is 2.79. The number of thioether (sulfide) groups is 1. The van der Waals surface area contributed by atoms with Crippen LogP contribution >= 0.6 is 11.8 Å². The second kappa shape index (κ2) is 6.93. The lowest BCUT2D eigenvalue weighted by molar-refractivity contribution is -0.131. The number of rotatable bonds is 7. The highest BCUT2D eigenvalue weighted by Crippen LogP contribution is 2.35. The minimum atomic E-state index is 0.159. The van der Waals surface area contributed by atoms with Gasteiger partial charge in [0.2, 0.25) is 11.8 Å². The van der Waals surface area contributed by atoms with Crippen molar-refractivity contribution in [3.05, 3.63) is 11.7 Å². The fourth-order valence-electron chi connectivity index (χ4n) is 2.05. The Morgan fingerprint density at radius 3 is 2.89 bits per heavy atom. The Bertz CT molecular complexity index is 418. The molecule has 19 heavy (non-hydrogen) atoms. The van der Waals surface area contributed by atoms with E-state index in [2.05, 4.69) is 10.1 Å². The molecule has 0 saturated heterocycles. The summed E-state index contributed by atoms with van der Waals surface area (Å²) in [6, 6.07) is 0. The van der Waals surface area contributed by atoms with E-state index in [1.807, 2.05) is 13.2 Å². The summed E-state index contributed by atoms with van der Waals surface area (Å²) in [5, 5.41) is 3.98. The normalized spacial score (nSPS) is 15.3. The fourth-order valence-corrected chi connectivity index (χ4v) is 2.43. The fraction of sp³-hybridized carbons (Fsp3) is 0.769. The van der Waals surface area contributed by atoms with Gasteiger partial charge in [0.15, 0.2) is 5.82 Å². The molecule has 6 heteroatoms. The summed E-state index contributed by atoms with van der Waals surface area (Å²) in [5.41, 5.74) is 0.